The van der Waals surface area contributed by atoms with Crippen LogP contribution in [-0.2, 0) is 22.7 Å². The lowest BCUT2D eigenvalue weighted by molar-refractivity contribution is -0.140. The van der Waals surface area contributed by atoms with Gasteiger partial charge < -0.3 is 59.9 Å². The van der Waals surface area contributed by atoms with E-state index in [1.54, 1.807) is 72.8 Å². The number of carbonyl (C=O) groups excluding carboxylic acids is 2. The predicted octanol–water partition coefficient (Wildman–Crippen LogP) is 14.0. The Kier molecular flexibility index (Phi) is 23.8. The van der Waals surface area contributed by atoms with E-state index >= 15 is 0 Å². The number of aromatic nitrogens is 2. The third-order valence-electron chi connectivity index (χ3n) is 15.6. The van der Waals surface area contributed by atoms with Crippen LogP contribution in [0.3, 0.4) is 0 Å². The molecule has 0 aliphatic carbocycles. The lowest BCUT2D eigenvalue weighted by Gasteiger charge is -2.20. The highest BCUT2D eigenvalue weighted by Crippen LogP contribution is 2.45. The molecule has 0 saturated carbocycles. The van der Waals surface area contributed by atoms with Crippen molar-refractivity contribution in [2.45, 2.75) is 141 Å². The van der Waals surface area contributed by atoms with Gasteiger partial charge in [0.1, 0.15) is 23.1 Å². The highest BCUT2D eigenvalue weighted by atomic mass is 19.1. The second kappa shape index (κ2) is 32.0. The van der Waals surface area contributed by atoms with Gasteiger partial charge in [-0.05, 0) is 183 Å². The first-order chi connectivity index (χ1) is 43.3. The van der Waals surface area contributed by atoms with Gasteiger partial charge in [-0.1, -0.05) is 88.4 Å². The average molecular weight is 1230 g/mol. The van der Waals surface area contributed by atoms with Crippen LogP contribution in [0.2, 0.25) is 0 Å². The first-order valence-electron chi connectivity index (χ1n) is 30.7. The van der Waals surface area contributed by atoms with Crippen LogP contribution in [0.1, 0.15) is 136 Å². The van der Waals surface area contributed by atoms with Gasteiger partial charge in [-0.15, -0.1) is 0 Å². The summed E-state index contributed by atoms with van der Waals surface area (Å²) in [5, 5.41) is 67.1. The fraction of sp³-hybridized carbons (Fsp3) is 0.333. The molecule has 18 heteroatoms. The molecule has 0 spiro atoms. The normalized spacial score (nSPS) is 12.8. The van der Waals surface area contributed by atoms with E-state index in [2.05, 4.69) is 10.6 Å². The monoisotopic (exact) mass is 1230 g/mol. The Balaban J connectivity index is 0.866. The minimum absolute atomic E-state index is 0.140. The van der Waals surface area contributed by atoms with Crippen LogP contribution in [0.25, 0.3) is 44.8 Å². The quantitative estimate of drug-likeness (QED) is 0.0179. The number of carboxylic acid groups (broad SMARTS) is 2. The summed E-state index contributed by atoms with van der Waals surface area (Å²) in [6.45, 7) is 9.24. The third-order valence-corrected chi connectivity index (χ3v) is 15.6. The van der Waals surface area contributed by atoms with Crippen LogP contribution in [-0.4, -0.2) is 101 Å². The van der Waals surface area contributed by atoms with E-state index < -0.39 is 60.8 Å². The van der Waals surface area contributed by atoms with E-state index in [9.17, 15) is 58.6 Å². The Hall–Kier alpha value is -8.94. The zero-order chi connectivity index (χ0) is 64.4. The largest absolute Gasteiger partial charge is 0.494 e. The molecule has 16 nitrogen and oxygen atoms in total. The molecule has 2 heterocycles. The summed E-state index contributed by atoms with van der Waals surface area (Å²) in [4.78, 5) is 51.9. The summed E-state index contributed by atoms with van der Waals surface area (Å²) in [7, 11) is 0. The fourth-order valence-electron chi connectivity index (χ4n) is 11.6. The van der Waals surface area contributed by atoms with E-state index in [1.165, 1.54) is 24.3 Å². The van der Waals surface area contributed by atoms with Crippen molar-refractivity contribution in [1.82, 2.24) is 9.13 Å². The SMILES string of the molecule is CC(C)c1c(C(=O)Nc2ccc(OCCCCCCOc3ccc(NC(=O)c4c(-c5ccccc5)c(-c5ccc(F)cc5)n(CCC(O)CC(O)CC(=O)O)c4C(C)C)cc3)cc2)c(-c2ccccc2)c(-c2ccc(F)cc2)n1CCC(O)CC(O)CC(=O)O. The van der Waals surface area contributed by atoms with Crippen molar-refractivity contribution in [3.05, 3.63) is 192 Å². The molecule has 4 atom stereocenters. The molecular weight excluding hydrogens is 1150 g/mol. The number of carboxylic acids is 2. The minimum atomic E-state index is -1.24. The van der Waals surface area contributed by atoms with E-state index in [0.717, 1.165) is 36.8 Å². The smallest absolute Gasteiger partial charge is 0.305 e. The standard InChI is InChI=1S/C72H80F2N4O12/c1-45(2)67-65(63(47-15-9-7-10-16-47)69(49-19-23-51(73)24-20-49)77(67)37-35-55(79)41-57(81)43-61(83)84)71(87)75-53-27-31-59(32-28-53)89-39-13-5-6-14-40-90-60-33-29-54(30-34-60)76-72(88)66-64(48-17-11-8-12-18-48)70(50-21-25-52(74)26-22-50)78(68(66)46(3)4)38-36-56(80)42-58(82)44-62(85)86/h7-12,15-34,45-46,55-58,79-82H,5-6,13-14,35-44H2,1-4H3,(H,75,87)(H,76,88)(H,83,84)(H,85,86). The van der Waals surface area contributed by atoms with E-state index in [-0.39, 0.29) is 62.4 Å². The first kappa shape index (κ1) is 67.0. The summed E-state index contributed by atoms with van der Waals surface area (Å²) < 4.78 is 44.9. The van der Waals surface area contributed by atoms with Gasteiger partial charge in [0.15, 0.2) is 0 Å². The number of nitrogens with one attached hydrogen (secondary N) is 2. The Bertz CT molecular complexity index is 3410. The highest BCUT2D eigenvalue weighted by Gasteiger charge is 2.33. The molecule has 6 aromatic carbocycles. The van der Waals surface area contributed by atoms with Gasteiger partial charge in [-0.2, -0.15) is 0 Å². The van der Waals surface area contributed by atoms with Crippen LogP contribution in [0.5, 0.6) is 11.5 Å². The first-order valence-corrected chi connectivity index (χ1v) is 30.7. The van der Waals surface area contributed by atoms with Crippen molar-refractivity contribution in [3.63, 3.8) is 0 Å². The molecule has 4 unspecified atom stereocenters. The number of aliphatic hydroxyl groups is 4. The second-order valence-corrected chi connectivity index (χ2v) is 23.3. The topological polar surface area (TPSA) is 242 Å². The zero-order valence-electron chi connectivity index (χ0n) is 51.2. The lowest BCUT2D eigenvalue weighted by Crippen LogP contribution is -2.22. The van der Waals surface area contributed by atoms with Crippen molar-refractivity contribution < 1.29 is 68.1 Å². The number of aliphatic carboxylic acids is 2. The molecule has 0 saturated heterocycles. The van der Waals surface area contributed by atoms with Gasteiger partial charge in [0, 0.05) is 47.0 Å². The predicted molar refractivity (Wildman–Crippen MR) is 344 cm³/mol. The Morgan fingerprint density at radius 3 is 1.11 bits per heavy atom. The molecule has 8 rings (SSSR count). The molecule has 0 aliphatic rings. The van der Waals surface area contributed by atoms with Crippen molar-refractivity contribution in [2.24, 2.45) is 0 Å². The van der Waals surface area contributed by atoms with Crippen LogP contribution in [0.15, 0.2) is 158 Å². The number of benzene rings is 6. The number of carbonyl (C=O) groups is 4. The van der Waals surface area contributed by atoms with Gasteiger partial charge in [-0.3, -0.25) is 19.2 Å². The molecule has 0 fully saturated rings. The van der Waals surface area contributed by atoms with E-state index in [4.69, 9.17) is 9.47 Å². The van der Waals surface area contributed by atoms with Gasteiger partial charge in [0.05, 0.1) is 73.0 Å². The molecule has 8 N–H and O–H groups in total. The number of rotatable bonds is 33. The minimum Gasteiger partial charge on any atom is -0.494 e. The van der Waals surface area contributed by atoms with Crippen LogP contribution < -0.4 is 20.1 Å². The fourth-order valence-corrected chi connectivity index (χ4v) is 11.6. The van der Waals surface area contributed by atoms with Crippen molar-refractivity contribution in [3.8, 4) is 56.3 Å². The van der Waals surface area contributed by atoms with Crippen molar-refractivity contribution in [1.29, 1.82) is 0 Å². The Labute approximate surface area is 523 Å². The van der Waals surface area contributed by atoms with Crippen LogP contribution in [0.4, 0.5) is 20.2 Å². The summed E-state index contributed by atoms with van der Waals surface area (Å²) in [5.74, 6) is -3.10. The number of hydrogen-bond acceptors (Lipinski definition) is 10. The maximum absolute atomic E-state index is 14.7. The molecule has 0 bridgehead atoms. The average Bonchev–Trinajstić information content (AvgIpc) is 1.61. The van der Waals surface area contributed by atoms with Gasteiger partial charge in [0.25, 0.3) is 11.8 Å². The molecule has 2 amide bonds. The van der Waals surface area contributed by atoms with Gasteiger partial charge in [0.2, 0.25) is 0 Å². The number of halogens is 2. The lowest BCUT2D eigenvalue weighted by atomic mass is 9.94. The number of unbranched alkanes of at least 4 members (excludes halogenated alkanes) is 3. The summed E-state index contributed by atoms with van der Waals surface area (Å²) >= 11 is 0. The van der Waals surface area contributed by atoms with Gasteiger partial charge in [-0.25, -0.2) is 8.78 Å². The summed E-state index contributed by atoms with van der Waals surface area (Å²) in [5.41, 5.74) is 8.60. The maximum atomic E-state index is 14.7. The maximum Gasteiger partial charge on any atom is 0.305 e. The molecule has 8 aromatic rings. The number of amides is 2. The number of ether oxygens (including phenoxy) is 2. The van der Waals surface area contributed by atoms with Crippen LogP contribution in [0, 0.1) is 11.6 Å². The molecule has 2 aromatic heterocycles. The van der Waals surface area contributed by atoms with Crippen molar-refractivity contribution in [2.75, 3.05) is 23.8 Å². The van der Waals surface area contributed by atoms with E-state index in [0.29, 0.717) is 92.2 Å². The summed E-state index contributed by atoms with van der Waals surface area (Å²) in [6.07, 6.45) is -2.23. The molecule has 474 valence electrons. The molecular formula is C72H80F2N4O12. The highest BCUT2D eigenvalue weighted by molar-refractivity contribution is 6.13. The number of anilines is 2. The van der Waals surface area contributed by atoms with Crippen LogP contribution >= 0.6 is 0 Å². The second-order valence-electron chi connectivity index (χ2n) is 23.3. The number of aliphatic hydroxyl groups excluding tert-OH is 4. The number of nitrogens with zero attached hydrogens (tertiary/aromatic N) is 2. The molecule has 90 heavy (non-hydrogen) atoms. The summed E-state index contributed by atoms with van der Waals surface area (Å²) in [6, 6.07) is 45.2. The zero-order valence-corrected chi connectivity index (χ0v) is 51.2. The van der Waals surface area contributed by atoms with E-state index in [1.807, 2.05) is 97.5 Å². The number of hydrogen-bond donors (Lipinski definition) is 8. The molecule has 0 radical (unpaired) electrons. The third kappa shape index (κ3) is 17.9. The van der Waals surface area contributed by atoms with Crippen molar-refractivity contribution >= 4 is 35.1 Å². The Morgan fingerprint density at radius 1 is 0.444 bits per heavy atom. The van der Waals surface area contributed by atoms with Gasteiger partial charge >= 0.3 is 11.9 Å². The Morgan fingerprint density at radius 2 is 0.789 bits per heavy atom. The molecule has 0 aliphatic heterocycles.